The van der Waals surface area contributed by atoms with E-state index in [1.165, 1.54) is 0 Å². The van der Waals surface area contributed by atoms with E-state index in [4.69, 9.17) is 0 Å². The maximum Gasteiger partial charge on any atom is 0.230 e. The molecule has 3 nitrogen and oxygen atoms in total. The van der Waals surface area contributed by atoms with E-state index in [0.717, 1.165) is 13.0 Å². The van der Waals surface area contributed by atoms with Crippen LogP contribution in [-0.4, -0.2) is 34.6 Å². The second-order valence-corrected chi connectivity index (χ2v) is 3.53. The first-order valence-electron chi connectivity index (χ1n) is 4.35. The van der Waals surface area contributed by atoms with Crippen LogP contribution >= 0.6 is 0 Å². The zero-order valence-electron chi connectivity index (χ0n) is 7.10. The number of nitrogens with zero attached hydrogens (tertiary/aromatic N) is 1. The fourth-order valence-electron chi connectivity index (χ4n) is 2.08. The maximum atomic E-state index is 11.4. The Kier molecular flexibility index (Phi) is 1.68. The van der Waals surface area contributed by atoms with Gasteiger partial charge in [-0.2, -0.15) is 0 Å². The molecule has 2 aliphatic rings. The van der Waals surface area contributed by atoms with Gasteiger partial charge in [0.1, 0.15) is 0 Å². The van der Waals surface area contributed by atoms with Crippen molar-refractivity contribution >= 4 is 5.91 Å². The Balaban J connectivity index is 2.12. The summed E-state index contributed by atoms with van der Waals surface area (Å²) in [6.07, 6.45) is 4.50. The monoisotopic (exact) mass is 167 g/mol. The first kappa shape index (κ1) is 7.80. The van der Waals surface area contributed by atoms with Crippen molar-refractivity contribution in [3.63, 3.8) is 0 Å². The molecular weight excluding hydrogens is 154 g/mol. The lowest BCUT2D eigenvalue weighted by Crippen LogP contribution is -2.64. The highest BCUT2D eigenvalue weighted by Gasteiger charge is 2.48. The van der Waals surface area contributed by atoms with Crippen molar-refractivity contribution in [3.8, 4) is 0 Å². The molecule has 1 amide bonds. The van der Waals surface area contributed by atoms with Crippen LogP contribution in [0.3, 0.4) is 0 Å². The number of carbonyl (C=O) groups is 1. The molecule has 0 aromatic heterocycles. The summed E-state index contributed by atoms with van der Waals surface area (Å²) in [5.74, 6) is -0.0331. The second-order valence-electron chi connectivity index (χ2n) is 3.53. The van der Waals surface area contributed by atoms with Crippen LogP contribution in [0.25, 0.3) is 0 Å². The molecule has 2 heterocycles. The van der Waals surface area contributed by atoms with Crippen molar-refractivity contribution in [2.24, 2.45) is 5.92 Å². The lowest BCUT2D eigenvalue weighted by atomic mass is 9.80. The van der Waals surface area contributed by atoms with Gasteiger partial charge in [-0.15, -0.1) is 0 Å². The van der Waals surface area contributed by atoms with Gasteiger partial charge in [-0.25, -0.2) is 0 Å². The third kappa shape index (κ3) is 0.894. The maximum absolute atomic E-state index is 11.4. The number of aliphatic hydroxyl groups is 1. The molecule has 3 atom stereocenters. The second kappa shape index (κ2) is 2.59. The highest BCUT2D eigenvalue weighted by atomic mass is 16.3. The van der Waals surface area contributed by atoms with Crippen LogP contribution < -0.4 is 0 Å². The largest absolute Gasteiger partial charge is 0.393 e. The first-order valence-corrected chi connectivity index (χ1v) is 4.35. The molecule has 2 aliphatic heterocycles. The molecule has 3 unspecified atom stereocenters. The van der Waals surface area contributed by atoms with E-state index >= 15 is 0 Å². The minimum atomic E-state index is -0.495. The summed E-state index contributed by atoms with van der Waals surface area (Å²) in [7, 11) is 0. The zero-order valence-corrected chi connectivity index (χ0v) is 7.10. The zero-order chi connectivity index (χ0) is 8.72. The van der Waals surface area contributed by atoms with Gasteiger partial charge in [0.25, 0.3) is 0 Å². The molecular formula is C9H13NO2. The van der Waals surface area contributed by atoms with E-state index in [2.05, 4.69) is 6.08 Å². The van der Waals surface area contributed by atoms with Crippen LogP contribution in [0.4, 0.5) is 0 Å². The van der Waals surface area contributed by atoms with Crippen LogP contribution in [0, 0.1) is 5.92 Å². The van der Waals surface area contributed by atoms with E-state index in [-0.39, 0.29) is 17.9 Å². The van der Waals surface area contributed by atoms with Gasteiger partial charge in [0.05, 0.1) is 12.0 Å². The number of fused-ring (bicyclic) bond motifs is 1. The minimum absolute atomic E-state index is 0.111. The number of amides is 1. The Morgan fingerprint density at radius 2 is 2.42 bits per heavy atom. The molecule has 66 valence electrons. The lowest BCUT2D eigenvalue weighted by molar-refractivity contribution is -0.163. The first-order chi connectivity index (χ1) is 5.72. The van der Waals surface area contributed by atoms with E-state index in [1.807, 2.05) is 11.0 Å². The van der Waals surface area contributed by atoms with Gasteiger partial charge in [0.15, 0.2) is 0 Å². The summed E-state index contributed by atoms with van der Waals surface area (Å²) in [6.45, 7) is 2.42. The molecule has 0 aromatic carbocycles. The Morgan fingerprint density at radius 3 is 3.08 bits per heavy atom. The topological polar surface area (TPSA) is 40.5 Å². The number of carbonyl (C=O) groups excluding carboxylic acids is 1. The number of aliphatic hydroxyl groups excluding tert-OH is 1. The van der Waals surface area contributed by atoms with E-state index in [0.29, 0.717) is 0 Å². The number of rotatable bonds is 1. The van der Waals surface area contributed by atoms with Gasteiger partial charge < -0.3 is 10.0 Å². The standard InChI is InChI=1S/C9H13NO2/c1-6(11)8-7-4-2-3-5-10(7)9(8)12/h2-3,6-8,11H,4-5H2,1H3. The predicted molar refractivity (Wildman–Crippen MR) is 44.4 cm³/mol. The van der Waals surface area contributed by atoms with Crippen molar-refractivity contribution in [1.29, 1.82) is 0 Å². The van der Waals surface area contributed by atoms with Crippen molar-refractivity contribution in [3.05, 3.63) is 12.2 Å². The molecule has 0 bridgehead atoms. The fraction of sp³-hybridized carbons (Fsp3) is 0.667. The third-order valence-corrected chi connectivity index (χ3v) is 2.75. The van der Waals surface area contributed by atoms with E-state index in [9.17, 15) is 9.90 Å². The molecule has 0 radical (unpaired) electrons. The van der Waals surface area contributed by atoms with E-state index in [1.54, 1.807) is 6.92 Å². The Morgan fingerprint density at radius 1 is 1.67 bits per heavy atom. The van der Waals surface area contributed by atoms with Gasteiger partial charge in [0.2, 0.25) is 5.91 Å². The molecule has 0 spiro atoms. The van der Waals surface area contributed by atoms with Crippen molar-refractivity contribution in [1.82, 2.24) is 4.90 Å². The average molecular weight is 167 g/mol. The smallest absolute Gasteiger partial charge is 0.230 e. The minimum Gasteiger partial charge on any atom is -0.393 e. The molecule has 1 N–H and O–H groups in total. The van der Waals surface area contributed by atoms with Gasteiger partial charge in [-0.05, 0) is 13.3 Å². The van der Waals surface area contributed by atoms with Gasteiger partial charge in [-0.1, -0.05) is 12.2 Å². The van der Waals surface area contributed by atoms with E-state index < -0.39 is 6.10 Å². The predicted octanol–water partition coefficient (Wildman–Crippen LogP) is 0.154. The number of hydrogen-bond acceptors (Lipinski definition) is 2. The fourth-order valence-corrected chi connectivity index (χ4v) is 2.08. The summed E-state index contributed by atoms with van der Waals surface area (Å²) in [5.41, 5.74) is 0. The summed E-state index contributed by atoms with van der Waals surface area (Å²) in [6, 6.07) is 0.266. The Labute approximate surface area is 71.7 Å². The molecule has 0 aliphatic carbocycles. The van der Waals surface area contributed by atoms with Crippen LogP contribution in [0.15, 0.2) is 12.2 Å². The molecule has 0 saturated carbocycles. The number of β-lactam (4-membered cyclic amide) rings is 1. The molecule has 0 aromatic rings. The summed E-state index contributed by atoms with van der Waals surface area (Å²) in [4.78, 5) is 13.2. The Bertz CT molecular complexity index is 235. The van der Waals surface area contributed by atoms with Crippen molar-refractivity contribution < 1.29 is 9.90 Å². The molecule has 1 fully saturated rings. The third-order valence-electron chi connectivity index (χ3n) is 2.75. The van der Waals surface area contributed by atoms with Gasteiger partial charge >= 0.3 is 0 Å². The summed E-state index contributed by atoms with van der Waals surface area (Å²) < 4.78 is 0. The Hall–Kier alpha value is -0.830. The van der Waals surface area contributed by atoms with Gasteiger partial charge in [-0.3, -0.25) is 4.79 Å². The van der Waals surface area contributed by atoms with Crippen molar-refractivity contribution in [2.75, 3.05) is 6.54 Å². The lowest BCUT2D eigenvalue weighted by Gasteiger charge is -2.49. The SMILES string of the molecule is CC(O)C1C(=O)N2CC=CCC12. The molecule has 12 heavy (non-hydrogen) atoms. The van der Waals surface area contributed by atoms with Crippen LogP contribution in [0.5, 0.6) is 0 Å². The van der Waals surface area contributed by atoms with Crippen molar-refractivity contribution in [2.45, 2.75) is 25.5 Å². The summed E-state index contributed by atoms with van der Waals surface area (Å²) >= 11 is 0. The quantitative estimate of drug-likeness (QED) is 0.446. The highest BCUT2D eigenvalue weighted by Crippen LogP contribution is 2.33. The number of hydrogen-bond donors (Lipinski definition) is 1. The molecule has 1 saturated heterocycles. The molecule has 3 heteroatoms. The van der Waals surface area contributed by atoms with Crippen LogP contribution in [-0.2, 0) is 4.79 Å². The summed E-state index contributed by atoms with van der Waals surface area (Å²) in [5, 5.41) is 9.31. The van der Waals surface area contributed by atoms with Gasteiger partial charge in [0, 0.05) is 12.6 Å². The molecule has 2 rings (SSSR count). The normalized spacial score (nSPS) is 35.8. The average Bonchev–Trinajstić information content (AvgIpc) is 2.03. The van der Waals surface area contributed by atoms with Crippen LogP contribution in [0.1, 0.15) is 13.3 Å². The highest BCUT2D eigenvalue weighted by molar-refractivity contribution is 5.87. The van der Waals surface area contributed by atoms with Crippen LogP contribution in [0.2, 0.25) is 0 Å².